The minimum atomic E-state index is -0.793. The molecule has 0 unspecified atom stereocenters. The van der Waals surface area contributed by atoms with E-state index in [4.69, 9.17) is 13.9 Å². The lowest BCUT2D eigenvalue weighted by atomic mass is 10.1. The molecule has 0 saturated heterocycles. The van der Waals surface area contributed by atoms with Crippen molar-refractivity contribution in [2.45, 2.75) is 78.1 Å². The Bertz CT molecular complexity index is 460. The van der Waals surface area contributed by atoms with Gasteiger partial charge in [0.15, 0.2) is 11.6 Å². The number of halogens is 2. The molecule has 1 rings (SSSR count). The van der Waals surface area contributed by atoms with Gasteiger partial charge in [0.05, 0.1) is 12.2 Å². The SMILES string of the molecule is CC(C)OC(O[Si]CCCCCc1ccc(F)c(F)c1)OC(C)C. The van der Waals surface area contributed by atoms with E-state index in [0.717, 1.165) is 37.3 Å². The second-order valence-electron chi connectivity index (χ2n) is 6.23. The van der Waals surface area contributed by atoms with E-state index in [1.165, 1.54) is 12.1 Å². The normalized spacial score (nSPS) is 11.9. The van der Waals surface area contributed by atoms with Gasteiger partial charge in [0.1, 0.15) is 0 Å². The van der Waals surface area contributed by atoms with Crippen LogP contribution in [0.5, 0.6) is 0 Å². The van der Waals surface area contributed by atoms with E-state index in [1.807, 2.05) is 27.7 Å². The van der Waals surface area contributed by atoms with Crippen LogP contribution in [-0.2, 0) is 20.3 Å². The fraction of sp³-hybridized carbons (Fsp3) is 0.667. The molecule has 3 nitrogen and oxygen atoms in total. The quantitative estimate of drug-likeness (QED) is 0.303. The smallest absolute Gasteiger partial charge is 0.262 e. The van der Waals surface area contributed by atoms with E-state index in [-0.39, 0.29) is 12.2 Å². The zero-order chi connectivity index (χ0) is 17.9. The van der Waals surface area contributed by atoms with Crippen LogP contribution in [0.2, 0.25) is 6.04 Å². The summed E-state index contributed by atoms with van der Waals surface area (Å²) in [6.07, 6.45) is 3.86. The molecule has 0 amide bonds. The molecule has 0 aliphatic carbocycles. The number of hydrogen-bond donors (Lipinski definition) is 0. The standard InChI is InChI=1S/C18H28F2O3Si/c1-13(2)21-18(22-14(3)4)23-24-11-7-5-6-8-15-9-10-16(19)17(20)12-15/h9-10,12-14,18H,5-8,11H2,1-4H3. The predicted molar refractivity (Wildman–Crippen MR) is 91.8 cm³/mol. The van der Waals surface area contributed by atoms with Gasteiger partial charge in [0, 0.05) is 0 Å². The lowest BCUT2D eigenvalue weighted by Gasteiger charge is -2.22. The van der Waals surface area contributed by atoms with Gasteiger partial charge in [0.2, 0.25) is 9.76 Å². The zero-order valence-electron chi connectivity index (χ0n) is 15.0. The molecule has 0 fully saturated rings. The summed E-state index contributed by atoms with van der Waals surface area (Å²) in [5, 5.41) is 0. The number of hydrogen-bond acceptors (Lipinski definition) is 3. The lowest BCUT2D eigenvalue weighted by molar-refractivity contribution is -0.275. The molecule has 1 aromatic carbocycles. The maximum Gasteiger partial charge on any atom is 0.262 e. The number of unbranched alkanes of at least 4 members (excludes halogenated alkanes) is 2. The van der Waals surface area contributed by atoms with Crippen LogP contribution < -0.4 is 0 Å². The van der Waals surface area contributed by atoms with Gasteiger partial charge < -0.3 is 13.9 Å². The maximum atomic E-state index is 13.1. The zero-order valence-corrected chi connectivity index (χ0v) is 16.0. The molecule has 2 radical (unpaired) electrons. The van der Waals surface area contributed by atoms with Crippen molar-refractivity contribution in [2.75, 3.05) is 0 Å². The van der Waals surface area contributed by atoms with Gasteiger partial charge in [-0.15, -0.1) is 0 Å². The van der Waals surface area contributed by atoms with Gasteiger partial charge in [-0.2, -0.15) is 0 Å². The highest BCUT2D eigenvalue weighted by molar-refractivity contribution is 6.27. The monoisotopic (exact) mass is 358 g/mol. The van der Waals surface area contributed by atoms with E-state index in [1.54, 1.807) is 6.07 Å². The van der Waals surface area contributed by atoms with Crippen LogP contribution in [0.25, 0.3) is 0 Å². The Morgan fingerprint density at radius 2 is 1.58 bits per heavy atom. The summed E-state index contributed by atoms with van der Waals surface area (Å²) in [6, 6.07) is 5.04. The van der Waals surface area contributed by atoms with Gasteiger partial charge in [-0.3, -0.25) is 0 Å². The highest BCUT2D eigenvalue weighted by atomic mass is 28.2. The minimum Gasteiger partial charge on any atom is -0.372 e. The van der Waals surface area contributed by atoms with Crippen molar-refractivity contribution < 1.29 is 22.7 Å². The second-order valence-corrected chi connectivity index (χ2v) is 7.25. The molecule has 6 heteroatoms. The number of rotatable bonds is 12. The first-order valence-electron chi connectivity index (χ1n) is 8.52. The Morgan fingerprint density at radius 3 is 2.17 bits per heavy atom. The van der Waals surface area contributed by atoms with Crippen molar-refractivity contribution in [3.05, 3.63) is 35.4 Å². The first-order chi connectivity index (χ1) is 11.4. The van der Waals surface area contributed by atoms with Gasteiger partial charge in [0.25, 0.3) is 6.48 Å². The third-order valence-electron chi connectivity index (χ3n) is 3.17. The third-order valence-corrected chi connectivity index (χ3v) is 4.09. The molecule has 1 aromatic rings. The van der Waals surface area contributed by atoms with E-state index in [0.29, 0.717) is 9.76 Å². The lowest BCUT2D eigenvalue weighted by Crippen LogP contribution is -2.28. The van der Waals surface area contributed by atoms with Crippen LogP contribution in [0.3, 0.4) is 0 Å². The van der Waals surface area contributed by atoms with E-state index in [9.17, 15) is 8.78 Å². The average Bonchev–Trinajstić information content (AvgIpc) is 2.48. The Kier molecular flexibility index (Phi) is 10.3. The molecule has 136 valence electrons. The fourth-order valence-corrected chi connectivity index (χ4v) is 2.82. The van der Waals surface area contributed by atoms with Crippen LogP contribution in [0.15, 0.2) is 18.2 Å². The Morgan fingerprint density at radius 1 is 0.917 bits per heavy atom. The van der Waals surface area contributed by atoms with Crippen molar-refractivity contribution in [3.63, 3.8) is 0 Å². The van der Waals surface area contributed by atoms with Crippen LogP contribution in [0.4, 0.5) is 8.78 Å². The number of benzene rings is 1. The Hall–Kier alpha value is -0.823. The summed E-state index contributed by atoms with van der Waals surface area (Å²) >= 11 is 0. The molecule has 0 aromatic heterocycles. The van der Waals surface area contributed by atoms with Crippen molar-refractivity contribution in [1.82, 2.24) is 0 Å². The second kappa shape index (κ2) is 11.7. The van der Waals surface area contributed by atoms with Crippen LogP contribution in [0, 0.1) is 11.6 Å². The Labute approximate surface area is 146 Å². The van der Waals surface area contributed by atoms with Gasteiger partial charge >= 0.3 is 0 Å². The molecular weight excluding hydrogens is 330 g/mol. The van der Waals surface area contributed by atoms with Crippen molar-refractivity contribution >= 4 is 9.76 Å². The van der Waals surface area contributed by atoms with Gasteiger partial charge in [-0.05, 0) is 64.3 Å². The van der Waals surface area contributed by atoms with E-state index >= 15 is 0 Å². The molecule has 0 heterocycles. The summed E-state index contributed by atoms with van der Waals surface area (Å²) < 4.78 is 42.7. The van der Waals surface area contributed by atoms with Crippen LogP contribution in [-0.4, -0.2) is 28.4 Å². The van der Waals surface area contributed by atoms with Gasteiger partial charge in [-0.25, -0.2) is 8.78 Å². The average molecular weight is 359 g/mol. The first kappa shape index (κ1) is 21.2. The van der Waals surface area contributed by atoms with E-state index in [2.05, 4.69) is 0 Å². The van der Waals surface area contributed by atoms with Crippen molar-refractivity contribution in [3.8, 4) is 0 Å². The molecule has 0 N–H and O–H groups in total. The summed E-state index contributed by atoms with van der Waals surface area (Å²) in [6.45, 7) is 7.18. The fourth-order valence-electron chi connectivity index (χ4n) is 2.06. The summed E-state index contributed by atoms with van der Waals surface area (Å²) in [4.78, 5) is 0. The number of ether oxygens (including phenoxy) is 2. The topological polar surface area (TPSA) is 27.7 Å². The molecule has 24 heavy (non-hydrogen) atoms. The summed E-state index contributed by atoms with van der Waals surface area (Å²) in [5.74, 6) is -1.57. The molecule has 0 bridgehead atoms. The first-order valence-corrected chi connectivity index (χ1v) is 9.63. The number of aryl methyl sites for hydroxylation is 1. The highest BCUT2D eigenvalue weighted by Crippen LogP contribution is 2.13. The summed E-state index contributed by atoms with van der Waals surface area (Å²) in [7, 11) is 0.326. The van der Waals surface area contributed by atoms with Gasteiger partial charge in [-0.1, -0.05) is 18.9 Å². The predicted octanol–water partition coefficient (Wildman–Crippen LogP) is 4.87. The third kappa shape index (κ3) is 9.47. The largest absolute Gasteiger partial charge is 0.372 e. The molecule has 0 spiro atoms. The molecule has 0 saturated carbocycles. The van der Waals surface area contributed by atoms with E-state index < -0.39 is 18.1 Å². The van der Waals surface area contributed by atoms with Crippen molar-refractivity contribution in [1.29, 1.82) is 0 Å². The summed E-state index contributed by atoms with van der Waals surface area (Å²) in [5.41, 5.74) is 0.836. The Balaban J connectivity index is 2.13. The molecular formula is C18H28F2O3Si. The maximum absolute atomic E-state index is 13.1. The van der Waals surface area contributed by atoms with Crippen LogP contribution in [0.1, 0.15) is 52.5 Å². The molecule has 0 atom stereocenters. The molecule has 0 aliphatic heterocycles. The van der Waals surface area contributed by atoms with Crippen LogP contribution >= 0.6 is 0 Å². The van der Waals surface area contributed by atoms with Crippen molar-refractivity contribution in [2.24, 2.45) is 0 Å². The minimum absolute atomic E-state index is 0.0506. The highest BCUT2D eigenvalue weighted by Gasteiger charge is 2.14. The molecule has 0 aliphatic rings.